The molecule has 0 radical (unpaired) electrons. The van der Waals surface area contributed by atoms with Crippen LogP contribution in [0.3, 0.4) is 0 Å². The second kappa shape index (κ2) is 6.01. The van der Waals surface area contributed by atoms with Crippen LogP contribution in [0.25, 0.3) is 0 Å². The third kappa shape index (κ3) is 3.25. The van der Waals surface area contributed by atoms with Crippen molar-refractivity contribution in [2.45, 2.75) is 31.8 Å². The first kappa shape index (κ1) is 13.7. The fourth-order valence-corrected chi connectivity index (χ4v) is 3.79. The van der Waals surface area contributed by atoms with Crippen molar-refractivity contribution >= 4 is 23.2 Å². The normalized spacial score (nSPS) is 25.3. The van der Waals surface area contributed by atoms with E-state index in [2.05, 4.69) is 15.9 Å². The number of halogens is 2. The summed E-state index contributed by atoms with van der Waals surface area (Å²) in [6.07, 6.45) is 3.98. The highest BCUT2D eigenvalue weighted by Crippen LogP contribution is 2.25. The van der Waals surface area contributed by atoms with Gasteiger partial charge in [-0.05, 0) is 56.6 Å². The van der Waals surface area contributed by atoms with Crippen LogP contribution in [0.5, 0.6) is 0 Å². The molecule has 1 atom stereocenters. The zero-order chi connectivity index (χ0) is 13.2. The van der Waals surface area contributed by atoms with E-state index in [1.807, 2.05) is 12.1 Å². The zero-order valence-electron chi connectivity index (χ0n) is 11.1. The highest BCUT2D eigenvalue weighted by atomic mass is 35.5. The Balaban J connectivity index is 1.68. The summed E-state index contributed by atoms with van der Waals surface area (Å²) in [5.41, 5.74) is 1.19. The summed E-state index contributed by atoms with van der Waals surface area (Å²) in [5, 5.41) is 1.51. The Morgan fingerprint density at radius 2 is 1.95 bits per heavy atom. The third-order valence-corrected chi connectivity index (χ3v) is 4.88. The molecule has 2 nitrogen and oxygen atoms in total. The standard InChI is InChI=1S/C15H20Cl2N2/c16-13-5-4-12(15(17)9-13)10-18-6-2-8-19-7-1-3-14(19)11-18/h4-5,9,14H,1-3,6-8,10-11H2/t14-/m1/s1. The predicted octanol–water partition coefficient (Wildman–Crippen LogP) is 3.66. The monoisotopic (exact) mass is 298 g/mol. The van der Waals surface area contributed by atoms with Gasteiger partial charge in [0.15, 0.2) is 0 Å². The van der Waals surface area contributed by atoms with Gasteiger partial charge >= 0.3 is 0 Å². The summed E-state index contributed by atoms with van der Waals surface area (Å²) >= 11 is 12.2. The van der Waals surface area contributed by atoms with Crippen molar-refractivity contribution in [1.29, 1.82) is 0 Å². The Hall–Kier alpha value is -0.280. The van der Waals surface area contributed by atoms with E-state index in [1.165, 1.54) is 51.0 Å². The molecule has 2 aliphatic heterocycles. The molecule has 0 N–H and O–H groups in total. The number of nitrogens with zero attached hydrogens (tertiary/aromatic N) is 2. The van der Waals surface area contributed by atoms with E-state index >= 15 is 0 Å². The Labute approximate surface area is 125 Å². The average molecular weight is 299 g/mol. The van der Waals surface area contributed by atoms with Gasteiger partial charge in [-0.1, -0.05) is 29.3 Å². The minimum atomic E-state index is 0.714. The lowest BCUT2D eigenvalue weighted by atomic mass is 10.1. The van der Waals surface area contributed by atoms with Gasteiger partial charge < -0.3 is 0 Å². The smallest absolute Gasteiger partial charge is 0.0465 e. The van der Waals surface area contributed by atoms with Crippen LogP contribution in [0.15, 0.2) is 18.2 Å². The Morgan fingerprint density at radius 1 is 1.11 bits per heavy atom. The summed E-state index contributed by atoms with van der Waals surface area (Å²) in [5.74, 6) is 0. The van der Waals surface area contributed by atoms with Crippen LogP contribution in [-0.4, -0.2) is 42.0 Å². The summed E-state index contributed by atoms with van der Waals surface area (Å²) in [6.45, 7) is 5.85. The summed E-state index contributed by atoms with van der Waals surface area (Å²) in [6, 6.07) is 6.59. The molecule has 0 spiro atoms. The Kier molecular flexibility index (Phi) is 4.33. The number of hydrogen-bond donors (Lipinski definition) is 0. The maximum Gasteiger partial charge on any atom is 0.0465 e. The van der Waals surface area contributed by atoms with Crippen molar-refractivity contribution in [2.75, 3.05) is 26.2 Å². The lowest BCUT2D eigenvalue weighted by Crippen LogP contribution is -2.36. The molecule has 2 aliphatic rings. The van der Waals surface area contributed by atoms with Gasteiger partial charge in [0.25, 0.3) is 0 Å². The molecule has 2 fully saturated rings. The van der Waals surface area contributed by atoms with Gasteiger partial charge in [0.2, 0.25) is 0 Å². The van der Waals surface area contributed by atoms with Crippen LogP contribution in [0.4, 0.5) is 0 Å². The van der Waals surface area contributed by atoms with Crippen molar-refractivity contribution < 1.29 is 0 Å². The van der Waals surface area contributed by atoms with Crippen molar-refractivity contribution in [1.82, 2.24) is 9.80 Å². The minimum absolute atomic E-state index is 0.714. The number of benzene rings is 1. The van der Waals surface area contributed by atoms with Gasteiger partial charge in [-0.25, -0.2) is 0 Å². The molecule has 3 rings (SSSR count). The van der Waals surface area contributed by atoms with Crippen molar-refractivity contribution in [3.63, 3.8) is 0 Å². The van der Waals surface area contributed by atoms with E-state index in [0.717, 1.165) is 17.6 Å². The fourth-order valence-electron chi connectivity index (χ4n) is 3.32. The first-order chi connectivity index (χ1) is 9.22. The van der Waals surface area contributed by atoms with Crippen LogP contribution in [0, 0.1) is 0 Å². The topological polar surface area (TPSA) is 6.48 Å². The van der Waals surface area contributed by atoms with Crippen molar-refractivity contribution in [3.05, 3.63) is 33.8 Å². The van der Waals surface area contributed by atoms with E-state index in [9.17, 15) is 0 Å². The van der Waals surface area contributed by atoms with Gasteiger partial charge in [-0.15, -0.1) is 0 Å². The maximum atomic E-state index is 6.28. The molecular weight excluding hydrogens is 279 g/mol. The maximum absolute atomic E-state index is 6.28. The Bertz CT molecular complexity index is 450. The average Bonchev–Trinajstić information content (AvgIpc) is 2.72. The van der Waals surface area contributed by atoms with E-state index in [1.54, 1.807) is 0 Å². The first-order valence-electron chi connectivity index (χ1n) is 7.13. The highest BCUT2D eigenvalue weighted by Gasteiger charge is 2.28. The van der Waals surface area contributed by atoms with Crippen LogP contribution in [-0.2, 0) is 6.54 Å². The molecule has 0 aliphatic carbocycles. The fraction of sp³-hybridized carbons (Fsp3) is 0.600. The van der Waals surface area contributed by atoms with E-state index in [0.29, 0.717) is 5.02 Å². The Morgan fingerprint density at radius 3 is 2.79 bits per heavy atom. The molecule has 2 saturated heterocycles. The van der Waals surface area contributed by atoms with E-state index in [-0.39, 0.29) is 0 Å². The summed E-state index contributed by atoms with van der Waals surface area (Å²) in [4.78, 5) is 5.20. The highest BCUT2D eigenvalue weighted by molar-refractivity contribution is 6.35. The van der Waals surface area contributed by atoms with Crippen LogP contribution in [0.2, 0.25) is 10.0 Å². The lowest BCUT2D eigenvalue weighted by Gasteiger charge is -2.25. The van der Waals surface area contributed by atoms with Gasteiger partial charge in [0.05, 0.1) is 0 Å². The second-order valence-electron chi connectivity index (χ2n) is 5.66. The number of hydrogen-bond acceptors (Lipinski definition) is 2. The van der Waals surface area contributed by atoms with Crippen LogP contribution in [0.1, 0.15) is 24.8 Å². The lowest BCUT2D eigenvalue weighted by molar-refractivity contribution is 0.215. The zero-order valence-corrected chi connectivity index (χ0v) is 12.6. The molecule has 19 heavy (non-hydrogen) atoms. The van der Waals surface area contributed by atoms with Crippen molar-refractivity contribution in [3.8, 4) is 0 Å². The van der Waals surface area contributed by atoms with Crippen molar-refractivity contribution in [2.24, 2.45) is 0 Å². The molecule has 0 saturated carbocycles. The molecule has 0 unspecified atom stereocenters. The number of rotatable bonds is 2. The molecule has 1 aromatic carbocycles. The first-order valence-corrected chi connectivity index (χ1v) is 7.88. The molecule has 0 amide bonds. The largest absolute Gasteiger partial charge is 0.299 e. The van der Waals surface area contributed by atoms with E-state index < -0.39 is 0 Å². The molecule has 4 heteroatoms. The quantitative estimate of drug-likeness (QED) is 0.822. The minimum Gasteiger partial charge on any atom is -0.299 e. The number of fused-ring (bicyclic) bond motifs is 1. The van der Waals surface area contributed by atoms with Crippen LogP contribution < -0.4 is 0 Å². The molecule has 0 bridgehead atoms. The molecule has 1 aromatic rings. The van der Waals surface area contributed by atoms with E-state index in [4.69, 9.17) is 23.2 Å². The predicted molar refractivity (Wildman–Crippen MR) is 81.0 cm³/mol. The molecule has 0 aromatic heterocycles. The van der Waals surface area contributed by atoms with Gasteiger partial charge in [0.1, 0.15) is 0 Å². The van der Waals surface area contributed by atoms with Gasteiger partial charge in [0, 0.05) is 29.2 Å². The molecular formula is C15H20Cl2N2. The van der Waals surface area contributed by atoms with Crippen LogP contribution >= 0.6 is 23.2 Å². The molecule has 104 valence electrons. The molecule has 2 heterocycles. The van der Waals surface area contributed by atoms with Gasteiger partial charge in [-0.2, -0.15) is 0 Å². The second-order valence-corrected chi connectivity index (χ2v) is 6.50. The summed E-state index contributed by atoms with van der Waals surface area (Å²) < 4.78 is 0. The third-order valence-electron chi connectivity index (χ3n) is 4.30. The SMILES string of the molecule is Clc1ccc(CN2CCCN3CCC[C@@H]3C2)c(Cl)c1. The summed E-state index contributed by atoms with van der Waals surface area (Å²) in [7, 11) is 0. The van der Waals surface area contributed by atoms with Gasteiger partial charge in [-0.3, -0.25) is 9.80 Å².